The molecule has 0 unspecified atom stereocenters. The summed E-state index contributed by atoms with van der Waals surface area (Å²) in [7, 11) is 0. The SMILES string of the molecule is O=Nc1ncccc1Br. The monoisotopic (exact) mass is 186 g/mol. The molecule has 4 heteroatoms. The van der Waals surface area contributed by atoms with Crippen molar-refractivity contribution in [2.45, 2.75) is 0 Å². The highest BCUT2D eigenvalue weighted by molar-refractivity contribution is 9.10. The highest BCUT2D eigenvalue weighted by Crippen LogP contribution is 2.20. The number of nitrogens with zero attached hydrogens (tertiary/aromatic N) is 2. The lowest BCUT2D eigenvalue weighted by atomic mass is 10.5. The van der Waals surface area contributed by atoms with Crippen LogP contribution >= 0.6 is 15.9 Å². The van der Waals surface area contributed by atoms with Gasteiger partial charge in [0.2, 0.25) is 5.82 Å². The van der Waals surface area contributed by atoms with Crippen LogP contribution in [0.2, 0.25) is 0 Å². The van der Waals surface area contributed by atoms with Gasteiger partial charge in [-0.3, -0.25) is 0 Å². The van der Waals surface area contributed by atoms with Crippen molar-refractivity contribution >= 4 is 21.7 Å². The van der Waals surface area contributed by atoms with E-state index in [2.05, 4.69) is 26.1 Å². The molecule has 0 fully saturated rings. The van der Waals surface area contributed by atoms with E-state index in [1.54, 1.807) is 12.1 Å². The van der Waals surface area contributed by atoms with E-state index >= 15 is 0 Å². The molecule has 0 amide bonds. The molecule has 1 rings (SSSR count). The van der Waals surface area contributed by atoms with E-state index in [0.29, 0.717) is 4.47 Å². The molecular weight excluding hydrogens is 184 g/mol. The summed E-state index contributed by atoms with van der Waals surface area (Å²) < 4.78 is 0.625. The van der Waals surface area contributed by atoms with Crippen molar-refractivity contribution in [3.63, 3.8) is 0 Å². The molecule has 0 aliphatic carbocycles. The van der Waals surface area contributed by atoms with Crippen LogP contribution in [0.1, 0.15) is 0 Å². The molecule has 0 radical (unpaired) electrons. The van der Waals surface area contributed by atoms with Crippen molar-refractivity contribution in [1.82, 2.24) is 4.98 Å². The molecule has 0 aliphatic rings. The summed E-state index contributed by atoms with van der Waals surface area (Å²) in [6.07, 6.45) is 1.52. The first-order valence-electron chi connectivity index (χ1n) is 2.28. The van der Waals surface area contributed by atoms with Crippen molar-refractivity contribution < 1.29 is 0 Å². The normalized spacial score (nSPS) is 9.00. The van der Waals surface area contributed by atoms with Gasteiger partial charge in [-0.05, 0) is 33.2 Å². The zero-order valence-corrected chi connectivity index (χ0v) is 6.00. The average molecular weight is 187 g/mol. The van der Waals surface area contributed by atoms with Gasteiger partial charge in [0.15, 0.2) is 0 Å². The van der Waals surface area contributed by atoms with Crippen LogP contribution in [0.5, 0.6) is 0 Å². The predicted octanol–water partition coefficient (Wildman–Crippen LogP) is 2.24. The molecule has 0 saturated heterocycles. The van der Waals surface area contributed by atoms with Gasteiger partial charge in [-0.2, -0.15) is 0 Å². The molecule has 1 aromatic rings. The van der Waals surface area contributed by atoms with Crippen LogP contribution in [0.3, 0.4) is 0 Å². The van der Waals surface area contributed by atoms with Crippen LogP contribution < -0.4 is 0 Å². The van der Waals surface area contributed by atoms with E-state index in [1.807, 2.05) is 0 Å². The zero-order chi connectivity index (χ0) is 6.69. The Labute approximate surface area is 60.2 Å². The Bertz CT molecular complexity index is 226. The van der Waals surface area contributed by atoms with Gasteiger partial charge < -0.3 is 0 Å². The van der Waals surface area contributed by atoms with E-state index in [0.717, 1.165) is 0 Å². The zero-order valence-electron chi connectivity index (χ0n) is 4.41. The van der Waals surface area contributed by atoms with Gasteiger partial charge in [-0.15, -0.1) is 4.91 Å². The Morgan fingerprint density at radius 1 is 1.67 bits per heavy atom. The molecule has 0 atom stereocenters. The van der Waals surface area contributed by atoms with Crippen molar-refractivity contribution in [2.24, 2.45) is 5.18 Å². The number of hydrogen-bond acceptors (Lipinski definition) is 3. The first kappa shape index (κ1) is 6.35. The summed E-state index contributed by atoms with van der Waals surface area (Å²) in [5.41, 5.74) is 0. The number of rotatable bonds is 1. The predicted molar refractivity (Wildman–Crippen MR) is 37.4 cm³/mol. The highest BCUT2D eigenvalue weighted by atomic mass is 79.9. The number of pyridine rings is 1. The lowest BCUT2D eigenvalue weighted by Crippen LogP contribution is -1.71. The lowest BCUT2D eigenvalue weighted by molar-refractivity contribution is 1.25. The smallest absolute Gasteiger partial charge is 0.210 e. The molecule has 0 bridgehead atoms. The van der Waals surface area contributed by atoms with Gasteiger partial charge in [-0.1, -0.05) is 0 Å². The number of hydrogen-bond donors (Lipinski definition) is 0. The first-order valence-corrected chi connectivity index (χ1v) is 3.08. The third-order valence-corrected chi connectivity index (χ3v) is 1.44. The van der Waals surface area contributed by atoms with Crippen molar-refractivity contribution in [1.29, 1.82) is 0 Å². The quantitative estimate of drug-likeness (QED) is 0.632. The van der Waals surface area contributed by atoms with E-state index in [1.165, 1.54) is 6.20 Å². The van der Waals surface area contributed by atoms with E-state index in [-0.39, 0.29) is 5.82 Å². The Morgan fingerprint density at radius 3 is 2.89 bits per heavy atom. The Hall–Kier alpha value is -0.770. The summed E-state index contributed by atoms with van der Waals surface area (Å²) in [4.78, 5) is 13.6. The summed E-state index contributed by atoms with van der Waals surface area (Å²) in [5, 5.41) is 2.66. The van der Waals surface area contributed by atoms with Crippen LogP contribution in [0.25, 0.3) is 0 Å². The molecule has 0 spiro atoms. The second kappa shape index (κ2) is 2.68. The number of nitroso groups, excluding NO2 is 1. The van der Waals surface area contributed by atoms with Crippen LogP contribution in [-0.4, -0.2) is 4.98 Å². The lowest BCUT2D eigenvalue weighted by Gasteiger charge is -1.87. The van der Waals surface area contributed by atoms with Gasteiger partial charge in [0.1, 0.15) is 0 Å². The summed E-state index contributed by atoms with van der Waals surface area (Å²) in [6.45, 7) is 0. The molecule has 0 saturated carbocycles. The third kappa shape index (κ3) is 1.32. The number of halogens is 1. The minimum Gasteiger partial charge on any atom is -0.233 e. The largest absolute Gasteiger partial charge is 0.233 e. The fraction of sp³-hybridized carbons (Fsp3) is 0. The van der Waals surface area contributed by atoms with Crippen LogP contribution in [0.15, 0.2) is 28.0 Å². The highest BCUT2D eigenvalue weighted by Gasteiger charge is 1.95. The van der Waals surface area contributed by atoms with Crippen LogP contribution in [0.4, 0.5) is 5.82 Å². The van der Waals surface area contributed by atoms with Crippen LogP contribution in [0, 0.1) is 4.91 Å². The molecule has 3 nitrogen and oxygen atoms in total. The summed E-state index contributed by atoms with van der Waals surface area (Å²) >= 11 is 3.10. The number of aromatic nitrogens is 1. The minimum absolute atomic E-state index is 0.192. The van der Waals surface area contributed by atoms with Gasteiger partial charge >= 0.3 is 0 Å². The van der Waals surface area contributed by atoms with E-state index in [4.69, 9.17) is 0 Å². The average Bonchev–Trinajstić information content (AvgIpc) is 1.89. The molecule has 9 heavy (non-hydrogen) atoms. The molecule has 0 N–H and O–H groups in total. The van der Waals surface area contributed by atoms with Gasteiger partial charge in [0.25, 0.3) is 0 Å². The van der Waals surface area contributed by atoms with Crippen LogP contribution in [-0.2, 0) is 0 Å². The first-order chi connectivity index (χ1) is 4.34. The van der Waals surface area contributed by atoms with Crippen molar-refractivity contribution in [2.75, 3.05) is 0 Å². The molecule has 0 aromatic carbocycles. The molecule has 1 aromatic heterocycles. The Balaban J connectivity index is 3.15. The Morgan fingerprint density at radius 2 is 2.44 bits per heavy atom. The van der Waals surface area contributed by atoms with E-state index in [9.17, 15) is 4.91 Å². The Kier molecular flexibility index (Phi) is 1.89. The fourth-order valence-corrected chi connectivity index (χ4v) is 0.772. The van der Waals surface area contributed by atoms with Gasteiger partial charge in [-0.25, -0.2) is 4.98 Å². The second-order valence-electron chi connectivity index (χ2n) is 1.40. The maximum atomic E-state index is 9.88. The maximum absolute atomic E-state index is 9.88. The second-order valence-corrected chi connectivity index (χ2v) is 2.25. The van der Waals surface area contributed by atoms with Crippen molar-refractivity contribution in [3.05, 3.63) is 27.7 Å². The molecule has 46 valence electrons. The van der Waals surface area contributed by atoms with E-state index < -0.39 is 0 Å². The van der Waals surface area contributed by atoms with Crippen molar-refractivity contribution in [3.8, 4) is 0 Å². The van der Waals surface area contributed by atoms with Gasteiger partial charge in [0, 0.05) is 6.20 Å². The van der Waals surface area contributed by atoms with Gasteiger partial charge in [0.05, 0.1) is 4.47 Å². The summed E-state index contributed by atoms with van der Waals surface area (Å²) in [5.74, 6) is 0.192. The standard InChI is InChI=1S/C5H3BrN2O/c6-4-2-1-3-7-5(4)8-9/h1-3H. The molecule has 0 aliphatic heterocycles. The fourth-order valence-electron chi connectivity index (χ4n) is 0.445. The molecular formula is C5H3BrN2O. The molecule has 1 heterocycles. The maximum Gasteiger partial charge on any atom is 0.210 e. The third-order valence-electron chi connectivity index (χ3n) is 0.826. The minimum atomic E-state index is 0.192. The summed E-state index contributed by atoms with van der Waals surface area (Å²) in [6, 6.07) is 3.43. The topological polar surface area (TPSA) is 42.3 Å².